The van der Waals surface area contributed by atoms with Crippen LogP contribution in [0.2, 0.25) is 5.02 Å². The van der Waals surface area contributed by atoms with E-state index < -0.39 is 0 Å². The number of pyridine rings is 1. The lowest BCUT2D eigenvalue weighted by Gasteiger charge is -2.14. The summed E-state index contributed by atoms with van der Waals surface area (Å²) in [6.45, 7) is 3.37. The lowest BCUT2D eigenvalue weighted by atomic mass is 9.96. The first-order valence-corrected chi connectivity index (χ1v) is 12.2. The van der Waals surface area contributed by atoms with Gasteiger partial charge in [0.05, 0.1) is 0 Å². The first-order chi connectivity index (χ1) is 16.2. The third kappa shape index (κ3) is 5.49. The number of benzene rings is 2. The van der Waals surface area contributed by atoms with E-state index in [-0.39, 0.29) is 0 Å². The Hall–Kier alpha value is -3.02. The first-order valence-electron chi connectivity index (χ1n) is 11.8. The van der Waals surface area contributed by atoms with Gasteiger partial charge in [-0.2, -0.15) is 0 Å². The lowest BCUT2D eigenvalue weighted by molar-refractivity contribution is 0.578. The van der Waals surface area contributed by atoms with Crippen molar-refractivity contribution >= 4 is 22.5 Å². The highest BCUT2D eigenvalue weighted by Gasteiger charge is 2.24. The van der Waals surface area contributed by atoms with Gasteiger partial charge in [-0.05, 0) is 85.0 Å². The van der Waals surface area contributed by atoms with Crippen LogP contribution in [0.15, 0.2) is 73.1 Å². The van der Waals surface area contributed by atoms with Crippen molar-refractivity contribution in [1.82, 2.24) is 9.55 Å². The van der Waals surface area contributed by atoms with E-state index in [9.17, 15) is 0 Å². The Kier molecular flexibility index (Phi) is 6.51. The van der Waals surface area contributed by atoms with Gasteiger partial charge in [-0.3, -0.25) is 0 Å². The fourth-order valence-corrected chi connectivity index (χ4v) is 4.45. The average Bonchev–Trinajstić information content (AvgIpc) is 3.58. The van der Waals surface area contributed by atoms with E-state index in [1.54, 1.807) is 5.92 Å². The summed E-state index contributed by atoms with van der Waals surface area (Å²) in [6, 6.07) is 20.5. The van der Waals surface area contributed by atoms with Crippen LogP contribution in [-0.4, -0.2) is 9.55 Å². The van der Waals surface area contributed by atoms with Gasteiger partial charge in [-0.25, -0.2) is 4.98 Å². The summed E-state index contributed by atoms with van der Waals surface area (Å²) in [5.41, 5.74) is 5.22. The van der Waals surface area contributed by atoms with Crippen LogP contribution in [0.1, 0.15) is 50.3 Å². The second-order valence-corrected chi connectivity index (χ2v) is 9.41. The topological polar surface area (TPSA) is 17.8 Å². The van der Waals surface area contributed by atoms with Gasteiger partial charge in [-0.1, -0.05) is 55.5 Å². The molecule has 0 saturated heterocycles. The minimum Gasteiger partial charge on any atom is -0.347 e. The van der Waals surface area contributed by atoms with Crippen molar-refractivity contribution in [2.24, 2.45) is 5.92 Å². The highest BCUT2D eigenvalue weighted by atomic mass is 35.5. The number of halogens is 1. The molecule has 2 heterocycles. The predicted molar refractivity (Wildman–Crippen MR) is 138 cm³/mol. The minimum atomic E-state index is 0.735. The number of hydrogen-bond donors (Lipinski definition) is 0. The van der Waals surface area contributed by atoms with E-state index in [1.807, 2.05) is 42.6 Å². The summed E-state index contributed by atoms with van der Waals surface area (Å²) < 4.78 is 2.38. The second-order valence-electron chi connectivity index (χ2n) is 8.97. The van der Waals surface area contributed by atoms with Crippen molar-refractivity contribution in [2.75, 3.05) is 0 Å². The van der Waals surface area contributed by atoms with Crippen LogP contribution in [0.25, 0.3) is 22.0 Å². The molecule has 3 heteroatoms. The molecule has 1 aliphatic carbocycles. The molecule has 0 N–H and O–H groups in total. The molecule has 0 unspecified atom stereocenters. The van der Waals surface area contributed by atoms with Crippen molar-refractivity contribution in [3.05, 3.63) is 95.3 Å². The molecule has 5 rings (SSSR count). The van der Waals surface area contributed by atoms with Crippen LogP contribution in [0, 0.1) is 23.7 Å². The lowest BCUT2D eigenvalue weighted by Crippen LogP contribution is -2.04. The Morgan fingerprint density at radius 1 is 1.00 bits per heavy atom. The molecule has 2 aromatic carbocycles. The quantitative estimate of drug-likeness (QED) is 0.261. The average molecular weight is 452 g/mol. The highest BCUT2D eigenvalue weighted by molar-refractivity contribution is 6.30. The maximum atomic E-state index is 5.98. The molecule has 2 aromatic heterocycles. The molecule has 1 aliphatic rings. The molecule has 165 valence electrons. The number of aryl methyl sites for hydroxylation is 1. The van der Waals surface area contributed by atoms with Crippen LogP contribution in [0.5, 0.6) is 0 Å². The smallest absolute Gasteiger partial charge is 0.113 e. The Morgan fingerprint density at radius 2 is 1.82 bits per heavy atom. The van der Waals surface area contributed by atoms with Crippen LogP contribution in [0.4, 0.5) is 0 Å². The summed E-state index contributed by atoms with van der Waals surface area (Å²) in [5, 5.41) is 1.98. The van der Waals surface area contributed by atoms with Gasteiger partial charge in [0.15, 0.2) is 0 Å². The molecule has 0 aliphatic heterocycles. The molecule has 2 nitrogen and oxygen atoms in total. The molecule has 4 aromatic rings. The van der Waals surface area contributed by atoms with E-state index in [0.29, 0.717) is 0 Å². The molecule has 0 atom stereocenters. The van der Waals surface area contributed by atoms with Gasteiger partial charge < -0.3 is 4.57 Å². The number of aromatic nitrogens is 2. The number of nitrogens with zero attached hydrogens (tertiary/aromatic N) is 2. The normalized spacial score (nSPS) is 13.3. The van der Waals surface area contributed by atoms with Crippen molar-refractivity contribution in [2.45, 2.75) is 45.6 Å². The zero-order valence-electron chi connectivity index (χ0n) is 19.0. The van der Waals surface area contributed by atoms with Crippen molar-refractivity contribution in [1.29, 1.82) is 0 Å². The second kappa shape index (κ2) is 9.86. The summed E-state index contributed by atoms with van der Waals surface area (Å²) in [6.07, 6.45) is 10.7. The van der Waals surface area contributed by atoms with Gasteiger partial charge >= 0.3 is 0 Å². The number of rotatable bonds is 7. The number of fused-ring (bicyclic) bond motifs is 1. The van der Waals surface area contributed by atoms with E-state index in [0.717, 1.165) is 39.9 Å². The largest absolute Gasteiger partial charge is 0.347 e. The van der Waals surface area contributed by atoms with E-state index >= 15 is 0 Å². The van der Waals surface area contributed by atoms with Gasteiger partial charge in [-0.15, -0.1) is 0 Å². The fourth-order valence-electron chi connectivity index (χ4n) is 4.32. The van der Waals surface area contributed by atoms with Crippen molar-refractivity contribution in [3.8, 4) is 23.0 Å². The van der Waals surface area contributed by atoms with Gasteiger partial charge in [0, 0.05) is 46.0 Å². The van der Waals surface area contributed by atoms with Crippen LogP contribution in [0.3, 0.4) is 0 Å². The zero-order chi connectivity index (χ0) is 22.6. The van der Waals surface area contributed by atoms with E-state index in [1.165, 1.54) is 43.0 Å². The Bertz CT molecular complexity index is 1290. The van der Waals surface area contributed by atoms with E-state index in [2.05, 4.69) is 58.8 Å². The van der Waals surface area contributed by atoms with E-state index in [4.69, 9.17) is 11.6 Å². The molecule has 0 spiro atoms. The van der Waals surface area contributed by atoms with Crippen LogP contribution >= 0.6 is 11.6 Å². The van der Waals surface area contributed by atoms with Crippen molar-refractivity contribution in [3.63, 3.8) is 0 Å². The zero-order valence-corrected chi connectivity index (χ0v) is 19.8. The molecular formula is C30H28ClN2. The molecular weight excluding hydrogens is 424 g/mol. The molecule has 0 bridgehead atoms. The summed E-state index contributed by atoms with van der Waals surface area (Å²) in [4.78, 5) is 4.52. The first kappa shape index (κ1) is 21.8. The molecule has 1 fully saturated rings. The Morgan fingerprint density at radius 3 is 2.55 bits per heavy atom. The predicted octanol–water partition coefficient (Wildman–Crippen LogP) is 7.93. The third-order valence-electron chi connectivity index (χ3n) is 6.53. The summed E-state index contributed by atoms with van der Waals surface area (Å²) >= 11 is 5.98. The maximum absolute atomic E-state index is 5.98. The molecule has 33 heavy (non-hydrogen) atoms. The third-order valence-corrected chi connectivity index (χ3v) is 6.78. The van der Waals surface area contributed by atoms with Crippen LogP contribution < -0.4 is 0 Å². The Labute approximate surface area is 201 Å². The maximum Gasteiger partial charge on any atom is 0.113 e. The minimum absolute atomic E-state index is 0.735. The van der Waals surface area contributed by atoms with Crippen LogP contribution in [-0.2, 0) is 6.54 Å². The molecule has 1 radical (unpaired) electrons. The van der Waals surface area contributed by atoms with Gasteiger partial charge in [0.25, 0.3) is 0 Å². The van der Waals surface area contributed by atoms with Gasteiger partial charge in [0.2, 0.25) is 0 Å². The number of hydrogen-bond acceptors (Lipinski definition) is 1. The summed E-state index contributed by atoms with van der Waals surface area (Å²) in [5.74, 6) is 9.17. The highest BCUT2D eigenvalue weighted by Crippen LogP contribution is 2.38. The molecule has 1 saturated carbocycles. The summed E-state index contributed by atoms with van der Waals surface area (Å²) in [7, 11) is 0. The fraction of sp³-hybridized carbons (Fsp3) is 0.267. The SMILES string of the molecule is CC[C](CCn1ccc2cc(C#Cc3ccc(-c4ccc(Cl)cc4)cn3)ccc21)CC1CC1. The molecule has 0 amide bonds. The van der Waals surface area contributed by atoms with Crippen molar-refractivity contribution < 1.29 is 0 Å². The van der Waals surface area contributed by atoms with Gasteiger partial charge in [0.1, 0.15) is 5.69 Å². The Balaban J connectivity index is 1.26. The standard InChI is InChI=1S/C30H28ClN2/c1-2-22(19-23-3-4-23)15-17-33-18-16-26-20-24(6-14-30(26)33)5-12-29-13-9-27(21-32-29)25-7-10-28(31)11-8-25/h6-11,13-14,16,18,20-21,23H,2-4,15,17,19H2,1H3. The monoisotopic (exact) mass is 451 g/mol.